The molecule has 16 heavy (non-hydrogen) atoms. The summed E-state index contributed by atoms with van der Waals surface area (Å²) in [5.41, 5.74) is 8.07. The quantitative estimate of drug-likeness (QED) is 0.612. The van der Waals surface area contributed by atoms with Crippen molar-refractivity contribution in [2.75, 3.05) is 19.9 Å². The molecular weight excluding hydrogens is 218 g/mol. The van der Waals surface area contributed by atoms with Gasteiger partial charge in [-0.3, -0.25) is 0 Å². The lowest BCUT2D eigenvalue weighted by Crippen LogP contribution is -2.01. The summed E-state index contributed by atoms with van der Waals surface area (Å²) in [5.74, 6) is 1.05. The minimum Gasteiger partial charge on any atom is -0.496 e. The Kier molecular flexibility index (Phi) is 5.71. The Morgan fingerprint density at radius 3 is 2.62 bits per heavy atom. The maximum absolute atomic E-state index is 5.53. The van der Waals surface area contributed by atoms with Crippen LogP contribution in [0.5, 0.6) is 5.75 Å². The Labute approximate surface area is 103 Å². The SMILES string of the molecule is COc1c(C)ccc(SC)c1CCCCN. The van der Waals surface area contributed by atoms with E-state index in [4.69, 9.17) is 10.5 Å². The van der Waals surface area contributed by atoms with Crippen molar-refractivity contribution < 1.29 is 4.74 Å². The summed E-state index contributed by atoms with van der Waals surface area (Å²) in [7, 11) is 1.75. The zero-order valence-corrected chi connectivity index (χ0v) is 11.2. The number of ether oxygens (including phenoxy) is 1. The van der Waals surface area contributed by atoms with E-state index in [1.165, 1.54) is 16.0 Å². The summed E-state index contributed by atoms with van der Waals surface area (Å²) < 4.78 is 5.50. The van der Waals surface area contributed by atoms with Crippen molar-refractivity contribution in [2.45, 2.75) is 31.1 Å². The van der Waals surface area contributed by atoms with Crippen LogP contribution < -0.4 is 10.5 Å². The molecule has 1 aromatic rings. The molecule has 0 aliphatic heterocycles. The predicted molar refractivity (Wildman–Crippen MR) is 71.5 cm³/mol. The van der Waals surface area contributed by atoms with E-state index in [0.717, 1.165) is 31.6 Å². The Hall–Kier alpha value is -0.670. The van der Waals surface area contributed by atoms with Crippen molar-refractivity contribution in [3.8, 4) is 5.75 Å². The Morgan fingerprint density at radius 2 is 2.06 bits per heavy atom. The maximum atomic E-state index is 5.53. The second kappa shape index (κ2) is 6.81. The van der Waals surface area contributed by atoms with Crippen molar-refractivity contribution >= 4 is 11.8 Å². The molecule has 3 heteroatoms. The number of thioether (sulfide) groups is 1. The molecule has 0 spiro atoms. The number of aryl methyl sites for hydroxylation is 1. The highest BCUT2D eigenvalue weighted by Crippen LogP contribution is 2.33. The monoisotopic (exact) mass is 239 g/mol. The molecule has 0 amide bonds. The van der Waals surface area contributed by atoms with Crippen LogP contribution in [0.15, 0.2) is 17.0 Å². The van der Waals surface area contributed by atoms with Crippen molar-refractivity contribution in [2.24, 2.45) is 5.73 Å². The van der Waals surface area contributed by atoms with Gasteiger partial charge >= 0.3 is 0 Å². The van der Waals surface area contributed by atoms with Crippen LogP contribution in [0.4, 0.5) is 0 Å². The second-order valence-electron chi connectivity index (χ2n) is 3.84. The van der Waals surface area contributed by atoms with Gasteiger partial charge in [-0.2, -0.15) is 0 Å². The first kappa shape index (κ1) is 13.4. The molecule has 0 bridgehead atoms. The molecule has 0 atom stereocenters. The molecule has 0 fully saturated rings. The van der Waals surface area contributed by atoms with Crippen LogP contribution in [0.2, 0.25) is 0 Å². The fourth-order valence-electron chi connectivity index (χ4n) is 1.89. The average Bonchev–Trinajstić information content (AvgIpc) is 2.30. The molecule has 90 valence electrons. The van der Waals surface area contributed by atoms with E-state index in [9.17, 15) is 0 Å². The van der Waals surface area contributed by atoms with Crippen molar-refractivity contribution in [3.05, 3.63) is 23.3 Å². The Morgan fingerprint density at radius 1 is 1.31 bits per heavy atom. The maximum Gasteiger partial charge on any atom is 0.126 e. The molecule has 2 N–H and O–H groups in total. The zero-order chi connectivity index (χ0) is 12.0. The first-order valence-electron chi connectivity index (χ1n) is 5.65. The molecular formula is C13H21NOS. The summed E-state index contributed by atoms with van der Waals surface area (Å²) >= 11 is 1.78. The first-order valence-corrected chi connectivity index (χ1v) is 6.87. The molecule has 0 unspecified atom stereocenters. The van der Waals surface area contributed by atoms with Gasteiger partial charge in [-0.1, -0.05) is 6.07 Å². The number of benzene rings is 1. The van der Waals surface area contributed by atoms with Gasteiger partial charge in [0.1, 0.15) is 5.75 Å². The third-order valence-electron chi connectivity index (χ3n) is 2.72. The van der Waals surface area contributed by atoms with Crippen LogP contribution in [0, 0.1) is 6.92 Å². The second-order valence-corrected chi connectivity index (χ2v) is 4.69. The van der Waals surface area contributed by atoms with Gasteiger partial charge in [-0.25, -0.2) is 0 Å². The fourth-order valence-corrected chi connectivity index (χ4v) is 2.53. The molecule has 0 saturated heterocycles. The van der Waals surface area contributed by atoms with Crippen LogP contribution in [-0.2, 0) is 6.42 Å². The van der Waals surface area contributed by atoms with E-state index in [1.54, 1.807) is 18.9 Å². The van der Waals surface area contributed by atoms with Gasteiger partial charge in [0, 0.05) is 10.5 Å². The zero-order valence-electron chi connectivity index (χ0n) is 10.4. The lowest BCUT2D eigenvalue weighted by atomic mass is 10.0. The number of nitrogens with two attached hydrogens (primary N) is 1. The van der Waals surface area contributed by atoms with E-state index < -0.39 is 0 Å². The number of hydrogen-bond donors (Lipinski definition) is 1. The molecule has 0 saturated carbocycles. The molecule has 1 aromatic carbocycles. The molecule has 1 rings (SSSR count). The fraction of sp³-hybridized carbons (Fsp3) is 0.538. The van der Waals surface area contributed by atoms with Gasteiger partial charge in [-0.05, 0) is 50.6 Å². The van der Waals surface area contributed by atoms with E-state index in [-0.39, 0.29) is 0 Å². The predicted octanol–water partition coefficient (Wildman–Crippen LogP) is 3.01. The van der Waals surface area contributed by atoms with E-state index in [1.807, 2.05) is 0 Å². The summed E-state index contributed by atoms with van der Waals surface area (Å²) in [6.45, 7) is 2.86. The van der Waals surface area contributed by atoms with E-state index in [2.05, 4.69) is 25.3 Å². The third kappa shape index (κ3) is 3.16. The van der Waals surface area contributed by atoms with Crippen LogP contribution in [-0.4, -0.2) is 19.9 Å². The van der Waals surface area contributed by atoms with Gasteiger partial charge < -0.3 is 10.5 Å². The summed E-state index contributed by atoms with van der Waals surface area (Å²) in [6.07, 6.45) is 5.36. The van der Waals surface area contributed by atoms with Crippen molar-refractivity contribution in [1.82, 2.24) is 0 Å². The minimum atomic E-state index is 0.767. The van der Waals surface area contributed by atoms with Gasteiger partial charge in [0.05, 0.1) is 7.11 Å². The molecule has 0 aromatic heterocycles. The molecule has 0 aliphatic carbocycles. The van der Waals surface area contributed by atoms with Crippen molar-refractivity contribution in [3.63, 3.8) is 0 Å². The van der Waals surface area contributed by atoms with Crippen LogP contribution in [0.3, 0.4) is 0 Å². The van der Waals surface area contributed by atoms with Gasteiger partial charge in [0.2, 0.25) is 0 Å². The lowest BCUT2D eigenvalue weighted by molar-refractivity contribution is 0.404. The Bertz CT molecular complexity index is 339. The highest BCUT2D eigenvalue weighted by Gasteiger charge is 2.10. The number of hydrogen-bond acceptors (Lipinski definition) is 3. The van der Waals surface area contributed by atoms with Crippen molar-refractivity contribution in [1.29, 1.82) is 0 Å². The smallest absolute Gasteiger partial charge is 0.126 e. The van der Waals surface area contributed by atoms with E-state index in [0.29, 0.717) is 0 Å². The van der Waals surface area contributed by atoms with E-state index >= 15 is 0 Å². The molecule has 0 heterocycles. The highest BCUT2D eigenvalue weighted by atomic mass is 32.2. The minimum absolute atomic E-state index is 0.767. The third-order valence-corrected chi connectivity index (χ3v) is 3.54. The number of rotatable bonds is 6. The molecule has 2 nitrogen and oxygen atoms in total. The molecule has 0 aliphatic rings. The van der Waals surface area contributed by atoms with Crippen LogP contribution >= 0.6 is 11.8 Å². The van der Waals surface area contributed by atoms with Gasteiger partial charge in [0.15, 0.2) is 0 Å². The standard InChI is InChI=1S/C13H21NOS/c1-10-7-8-12(16-3)11(13(10)15-2)6-4-5-9-14/h7-8H,4-6,9,14H2,1-3H3. The Balaban J connectivity index is 2.95. The van der Waals surface area contributed by atoms with Crippen LogP contribution in [0.1, 0.15) is 24.0 Å². The topological polar surface area (TPSA) is 35.2 Å². The number of methoxy groups -OCH3 is 1. The number of unbranched alkanes of at least 4 members (excludes halogenated alkanes) is 1. The largest absolute Gasteiger partial charge is 0.496 e. The first-order chi connectivity index (χ1) is 7.74. The lowest BCUT2D eigenvalue weighted by Gasteiger charge is -2.14. The van der Waals surface area contributed by atoms with Gasteiger partial charge in [0.25, 0.3) is 0 Å². The summed E-state index contributed by atoms with van der Waals surface area (Å²) in [5, 5.41) is 0. The summed E-state index contributed by atoms with van der Waals surface area (Å²) in [4.78, 5) is 1.32. The summed E-state index contributed by atoms with van der Waals surface area (Å²) in [6, 6.07) is 4.30. The average molecular weight is 239 g/mol. The van der Waals surface area contributed by atoms with Crippen LogP contribution in [0.25, 0.3) is 0 Å². The highest BCUT2D eigenvalue weighted by molar-refractivity contribution is 7.98. The molecule has 0 radical (unpaired) electrons. The normalized spacial score (nSPS) is 10.5. The van der Waals surface area contributed by atoms with Gasteiger partial charge in [-0.15, -0.1) is 11.8 Å².